The first-order valence-electron chi connectivity index (χ1n) is 15.0. The number of fused-ring (bicyclic) bond motifs is 3. The molecule has 46 heavy (non-hydrogen) atoms. The summed E-state index contributed by atoms with van der Waals surface area (Å²) in [6, 6.07) is 5.56. The number of aromatic nitrogens is 1. The molecule has 3 aromatic rings. The number of nitrogens with zero attached hydrogens (tertiary/aromatic N) is 1. The summed E-state index contributed by atoms with van der Waals surface area (Å²) >= 11 is 1.20. The van der Waals surface area contributed by atoms with Crippen LogP contribution < -0.4 is 35.6 Å². The van der Waals surface area contributed by atoms with Gasteiger partial charge in [0.1, 0.15) is 6.04 Å². The smallest absolute Gasteiger partial charge is 0.311 e. The van der Waals surface area contributed by atoms with Crippen molar-refractivity contribution in [2.24, 2.45) is 5.92 Å². The standard InChI is InChI=1S/C33H40N4O8S/c1-8-45-27(40)14-20-16-46-33(35-20)37-32(41)29(17(2)3)36-24-12-10-21-22(15-25(24)39)23(34-18(4)38)11-9-19-13-26(42-5)30(43-6)31(44-7)28(19)21/h10,12-13,15-17,23,29H,8-9,11,14H2,1-7H3,(H,34,38)(H,36,39)(H,35,37,41)/t23-,29+/m0/s1. The first-order valence-corrected chi connectivity index (χ1v) is 15.8. The van der Waals surface area contributed by atoms with Crippen LogP contribution in [0.1, 0.15) is 57.0 Å². The molecular formula is C33H40N4O8S. The molecule has 2 aromatic carbocycles. The van der Waals surface area contributed by atoms with E-state index in [0.29, 0.717) is 52.0 Å². The van der Waals surface area contributed by atoms with Crippen molar-refractivity contribution < 1.29 is 33.3 Å². The van der Waals surface area contributed by atoms with Gasteiger partial charge in [-0.2, -0.15) is 0 Å². The van der Waals surface area contributed by atoms with Crippen molar-refractivity contribution in [2.45, 2.75) is 59.0 Å². The van der Waals surface area contributed by atoms with Gasteiger partial charge in [0.2, 0.25) is 23.0 Å². The van der Waals surface area contributed by atoms with E-state index < -0.39 is 18.1 Å². The van der Waals surface area contributed by atoms with E-state index in [1.807, 2.05) is 19.9 Å². The molecule has 1 aliphatic carbocycles. The zero-order valence-electron chi connectivity index (χ0n) is 27.1. The average molecular weight is 653 g/mol. The minimum atomic E-state index is -0.801. The van der Waals surface area contributed by atoms with Gasteiger partial charge in [-0.05, 0) is 60.6 Å². The number of rotatable bonds is 12. The summed E-state index contributed by atoms with van der Waals surface area (Å²) in [6.07, 6.45) is 1.10. The maximum atomic E-state index is 13.8. The Labute approximate surface area is 271 Å². The minimum Gasteiger partial charge on any atom is -0.493 e. The van der Waals surface area contributed by atoms with Crippen LogP contribution in [0.2, 0.25) is 0 Å². The highest BCUT2D eigenvalue weighted by atomic mass is 32.1. The maximum absolute atomic E-state index is 13.8. The second-order valence-electron chi connectivity index (χ2n) is 11.1. The topological polar surface area (TPSA) is 154 Å². The lowest BCUT2D eigenvalue weighted by Crippen LogP contribution is -2.39. The fourth-order valence-corrected chi connectivity index (χ4v) is 6.23. The Balaban J connectivity index is 1.74. The largest absolute Gasteiger partial charge is 0.493 e. The van der Waals surface area contributed by atoms with Crippen LogP contribution in [0.25, 0.3) is 11.1 Å². The summed E-state index contributed by atoms with van der Waals surface area (Å²) < 4.78 is 22.1. The second-order valence-corrected chi connectivity index (χ2v) is 11.9. The highest BCUT2D eigenvalue weighted by Gasteiger charge is 2.30. The zero-order valence-corrected chi connectivity index (χ0v) is 27.9. The monoisotopic (exact) mass is 652 g/mol. The van der Waals surface area contributed by atoms with Gasteiger partial charge < -0.3 is 34.9 Å². The predicted octanol–water partition coefficient (Wildman–Crippen LogP) is 4.50. The van der Waals surface area contributed by atoms with Crippen LogP contribution in [-0.4, -0.2) is 56.7 Å². The number of aryl methyl sites for hydroxylation is 1. The number of hydrogen-bond acceptors (Lipinski definition) is 11. The molecule has 0 spiro atoms. The maximum Gasteiger partial charge on any atom is 0.311 e. The molecule has 1 aromatic heterocycles. The van der Waals surface area contributed by atoms with Crippen LogP contribution in [0.3, 0.4) is 0 Å². The molecule has 3 N–H and O–H groups in total. The van der Waals surface area contributed by atoms with Crippen molar-refractivity contribution in [1.29, 1.82) is 0 Å². The van der Waals surface area contributed by atoms with Gasteiger partial charge in [0.15, 0.2) is 16.6 Å². The third kappa shape index (κ3) is 7.58. The molecule has 0 radical (unpaired) electrons. The molecule has 0 fully saturated rings. The third-order valence-electron chi connectivity index (χ3n) is 7.59. The summed E-state index contributed by atoms with van der Waals surface area (Å²) in [5.41, 5.74) is 3.25. The molecule has 0 unspecified atom stereocenters. The molecule has 1 heterocycles. The van der Waals surface area contributed by atoms with E-state index in [4.69, 9.17) is 18.9 Å². The van der Waals surface area contributed by atoms with Gasteiger partial charge in [0.05, 0.1) is 51.8 Å². The second kappa shape index (κ2) is 15.1. The summed E-state index contributed by atoms with van der Waals surface area (Å²) in [7, 11) is 4.61. The lowest BCUT2D eigenvalue weighted by molar-refractivity contribution is -0.142. The Hall–Kier alpha value is -4.65. The first kappa shape index (κ1) is 34.2. The van der Waals surface area contributed by atoms with Crippen molar-refractivity contribution in [1.82, 2.24) is 10.3 Å². The van der Waals surface area contributed by atoms with Crippen LogP contribution in [0, 0.1) is 5.92 Å². The minimum absolute atomic E-state index is 0.00282. The number of benzene rings is 1. The number of nitrogens with one attached hydrogen (secondary N) is 3. The van der Waals surface area contributed by atoms with E-state index in [0.717, 1.165) is 11.1 Å². The molecule has 4 rings (SSSR count). The number of hydrogen-bond donors (Lipinski definition) is 3. The highest BCUT2D eigenvalue weighted by Crippen LogP contribution is 2.50. The molecular weight excluding hydrogens is 612 g/mol. The Kier molecular flexibility index (Phi) is 11.2. The van der Waals surface area contributed by atoms with Crippen molar-refractivity contribution in [2.75, 3.05) is 38.6 Å². The van der Waals surface area contributed by atoms with Crippen LogP contribution >= 0.6 is 11.3 Å². The van der Waals surface area contributed by atoms with Gasteiger partial charge in [0, 0.05) is 17.9 Å². The molecule has 0 saturated carbocycles. The fraction of sp³-hybridized carbons (Fsp3) is 0.424. The number of ether oxygens (including phenoxy) is 4. The van der Waals surface area contributed by atoms with Gasteiger partial charge in [-0.1, -0.05) is 19.9 Å². The number of carbonyl (C=O) groups excluding carboxylic acids is 3. The van der Waals surface area contributed by atoms with Crippen LogP contribution in [0.4, 0.5) is 10.8 Å². The third-order valence-corrected chi connectivity index (χ3v) is 8.40. The molecule has 0 bridgehead atoms. The number of esters is 1. The molecule has 12 nitrogen and oxygen atoms in total. The lowest BCUT2D eigenvalue weighted by Gasteiger charge is -2.21. The summed E-state index contributed by atoms with van der Waals surface area (Å²) in [6.45, 7) is 7.16. The van der Waals surface area contributed by atoms with Gasteiger partial charge in [-0.25, -0.2) is 4.98 Å². The van der Waals surface area contributed by atoms with Crippen molar-refractivity contribution in [3.8, 4) is 28.4 Å². The van der Waals surface area contributed by atoms with E-state index in [9.17, 15) is 19.2 Å². The predicted molar refractivity (Wildman–Crippen MR) is 176 cm³/mol. The van der Waals surface area contributed by atoms with E-state index in [1.54, 1.807) is 31.5 Å². The van der Waals surface area contributed by atoms with Crippen molar-refractivity contribution in [3.05, 3.63) is 56.7 Å². The normalized spacial score (nSPS) is 14.2. The average Bonchev–Trinajstić information content (AvgIpc) is 3.30. The van der Waals surface area contributed by atoms with E-state index in [2.05, 4.69) is 20.9 Å². The molecule has 0 saturated heterocycles. The zero-order chi connectivity index (χ0) is 33.5. The SMILES string of the molecule is CCOC(=O)Cc1csc(NC(=O)[C@H](Nc2ccc3c(cc2=O)[C@@H](NC(C)=O)CCc2cc(OC)c(OC)c(OC)c2-3)C(C)C)n1. The number of carbonyl (C=O) groups is 3. The Morgan fingerprint density at radius 1 is 1.07 bits per heavy atom. The fourth-order valence-electron chi connectivity index (χ4n) is 5.52. The lowest BCUT2D eigenvalue weighted by atomic mass is 9.95. The number of methoxy groups -OCH3 is 3. The summed E-state index contributed by atoms with van der Waals surface area (Å²) in [4.78, 5) is 55.6. The van der Waals surface area contributed by atoms with Gasteiger partial charge in [-0.3, -0.25) is 19.2 Å². The van der Waals surface area contributed by atoms with Crippen LogP contribution in [0.15, 0.2) is 34.4 Å². The molecule has 1 aliphatic rings. The van der Waals surface area contributed by atoms with E-state index in [-0.39, 0.29) is 41.9 Å². The van der Waals surface area contributed by atoms with E-state index in [1.165, 1.54) is 38.5 Å². The van der Waals surface area contributed by atoms with Gasteiger partial charge in [-0.15, -0.1) is 11.3 Å². The Morgan fingerprint density at radius 3 is 2.43 bits per heavy atom. The van der Waals surface area contributed by atoms with Gasteiger partial charge >= 0.3 is 5.97 Å². The number of amides is 2. The Bertz CT molecular complexity index is 1670. The van der Waals surface area contributed by atoms with Crippen molar-refractivity contribution in [3.63, 3.8) is 0 Å². The first-order chi connectivity index (χ1) is 22.0. The van der Waals surface area contributed by atoms with Crippen LogP contribution in [0.5, 0.6) is 17.2 Å². The number of anilines is 2. The molecule has 2 amide bonds. The summed E-state index contributed by atoms with van der Waals surface area (Å²) in [5, 5.41) is 11.0. The number of thiazole rings is 1. The molecule has 246 valence electrons. The van der Waals surface area contributed by atoms with Crippen LogP contribution in [-0.2, 0) is 32.0 Å². The quantitative estimate of drug-likeness (QED) is 0.238. The Morgan fingerprint density at radius 2 is 1.80 bits per heavy atom. The van der Waals surface area contributed by atoms with Gasteiger partial charge in [0.25, 0.3) is 0 Å². The highest BCUT2D eigenvalue weighted by molar-refractivity contribution is 7.14. The van der Waals surface area contributed by atoms with E-state index >= 15 is 0 Å². The molecule has 13 heteroatoms. The molecule has 2 atom stereocenters. The van der Waals surface area contributed by atoms with Crippen molar-refractivity contribution >= 4 is 39.9 Å². The summed E-state index contributed by atoms with van der Waals surface area (Å²) in [5.74, 6) is 0.119. The molecule has 0 aliphatic heterocycles.